The Kier molecular flexibility index (Phi) is 2.97. The smallest absolute Gasteiger partial charge is 0.168 e. The molecule has 0 fully saturated rings. The third-order valence-electron chi connectivity index (χ3n) is 2.35. The van der Waals surface area contributed by atoms with Crippen LogP contribution in [0.1, 0.15) is 21.7 Å². The van der Waals surface area contributed by atoms with Gasteiger partial charge in [0.1, 0.15) is 5.69 Å². The van der Waals surface area contributed by atoms with Crippen molar-refractivity contribution in [2.75, 3.05) is 0 Å². The standard InChI is InChI=1S/C12H10N4O/c1-9-3-2-6-14-12(9)16-11(8-17)7-10(15-16)4-5-13/h2-3,6-8H,4H2,1H3. The first-order valence-electron chi connectivity index (χ1n) is 5.09. The molecular formula is C12H10N4O. The molecule has 0 radical (unpaired) electrons. The van der Waals surface area contributed by atoms with Crippen molar-refractivity contribution in [1.82, 2.24) is 14.8 Å². The molecular weight excluding hydrogens is 216 g/mol. The topological polar surface area (TPSA) is 71.6 Å². The van der Waals surface area contributed by atoms with Crippen molar-refractivity contribution in [1.29, 1.82) is 5.26 Å². The van der Waals surface area contributed by atoms with Gasteiger partial charge in [0.25, 0.3) is 0 Å². The highest BCUT2D eigenvalue weighted by Gasteiger charge is 2.11. The molecule has 17 heavy (non-hydrogen) atoms. The van der Waals surface area contributed by atoms with Crippen molar-refractivity contribution in [3.05, 3.63) is 41.3 Å². The highest BCUT2D eigenvalue weighted by Crippen LogP contribution is 2.13. The Labute approximate surface area is 98.3 Å². The number of aromatic nitrogens is 3. The number of nitriles is 1. The fourth-order valence-electron chi connectivity index (χ4n) is 1.57. The summed E-state index contributed by atoms with van der Waals surface area (Å²) in [6.45, 7) is 1.89. The summed E-state index contributed by atoms with van der Waals surface area (Å²) < 4.78 is 1.47. The van der Waals surface area contributed by atoms with Gasteiger partial charge in [0.05, 0.1) is 18.2 Å². The summed E-state index contributed by atoms with van der Waals surface area (Å²) in [4.78, 5) is 15.1. The Balaban J connectivity index is 2.55. The fraction of sp³-hybridized carbons (Fsp3) is 0.167. The maximum Gasteiger partial charge on any atom is 0.168 e. The van der Waals surface area contributed by atoms with Crippen molar-refractivity contribution in [3.63, 3.8) is 0 Å². The van der Waals surface area contributed by atoms with E-state index in [0.29, 0.717) is 23.5 Å². The minimum atomic E-state index is 0.180. The number of pyridine rings is 1. The van der Waals surface area contributed by atoms with E-state index >= 15 is 0 Å². The first-order valence-corrected chi connectivity index (χ1v) is 5.09. The lowest BCUT2D eigenvalue weighted by Gasteiger charge is -2.04. The van der Waals surface area contributed by atoms with Crippen molar-refractivity contribution in [2.45, 2.75) is 13.3 Å². The summed E-state index contributed by atoms with van der Waals surface area (Å²) in [6.07, 6.45) is 2.53. The van der Waals surface area contributed by atoms with Gasteiger partial charge >= 0.3 is 0 Å². The van der Waals surface area contributed by atoms with E-state index in [1.165, 1.54) is 4.68 Å². The van der Waals surface area contributed by atoms with Gasteiger partial charge in [-0.3, -0.25) is 4.79 Å². The van der Waals surface area contributed by atoms with Crippen LogP contribution in [0.4, 0.5) is 0 Å². The third kappa shape index (κ3) is 2.06. The van der Waals surface area contributed by atoms with Gasteiger partial charge in [-0.15, -0.1) is 0 Å². The molecule has 0 amide bonds. The van der Waals surface area contributed by atoms with Crippen LogP contribution in [-0.2, 0) is 6.42 Å². The van der Waals surface area contributed by atoms with E-state index in [2.05, 4.69) is 10.1 Å². The van der Waals surface area contributed by atoms with Crippen molar-refractivity contribution >= 4 is 6.29 Å². The number of hydrogen-bond acceptors (Lipinski definition) is 4. The summed E-state index contributed by atoms with van der Waals surface area (Å²) in [5.41, 5.74) is 1.89. The molecule has 2 heterocycles. The monoisotopic (exact) mass is 226 g/mol. The second kappa shape index (κ2) is 4.58. The molecule has 0 saturated heterocycles. The summed E-state index contributed by atoms with van der Waals surface area (Å²) in [5, 5.41) is 12.8. The highest BCUT2D eigenvalue weighted by atomic mass is 16.1. The zero-order chi connectivity index (χ0) is 12.3. The number of rotatable bonds is 3. The lowest BCUT2D eigenvalue weighted by atomic mass is 10.3. The fourth-order valence-corrected chi connectivity index (χ4v) is 1.57. The van der Waals surface area contributed by atoms with Gasteiger partial charge in [0.2, 0.25) is 0 Å². The van der Waals surface area contributed by atoms with Gasteiger partial charge in [-0.1, -0.05) is 6.07 Å². The molecule has 0 atom stereocenters. The first kappa shape index (κ1) is 11.0. The summed E-state index contributed by atoms with van der Waals surface area (Å²) >= 11 is 0. The van der Waals surface area contributed by atoms with E-state index in [4.69, 9.17) is 5.26 Å². The summed E-state index contributed by atoms with van der Waals surface area (Å²) in [6, 6.07) is 7.31. The van der Waals surface area contributed by atoms with Crippen LogP contribution >= 0.6 is 0 Å². The van der Waals surface area contributed by atoms with Crippen molar-refractivity contribution < 1.29 is 4.79 Å². The third-order valence-corrected chi connectivity index (χ3v) is 2.35. The Morgan fingerprint density at radius 1 is 1.59 bits per heavy atom. The summed E-state index contributed by atoms with van der Waals surface area (Å²) in [7, 11) is 0. The predicted octanol–water partition coefficient (Wildman–Crippen LogP) is 1.45. The van der Waals surface area contributed by atoms with E-state index in [0.717, 1.165) is 5.56 Å². The number of hydrogen-bond donors (Lipinski definition) is 0. The summed E-state index contributed by atoms with van der Waals surface area (Å²) in [5.74, 6) is 0.610. The van der Waals surface area contributed by atoms with Crippen LogP contribution < -0.4 is 0 Å². The van der Waals surface area contributed by atoms with Crippen LogP contribution in [-0.4, -0.2) is 21.1 Å². The average Bonchev–Trinajstić information content (AvgIpc) is 2.73. The van der Waals surface area contributed by atoms with Gasteiger partial charge in [-0.2, -0.15) is 10.4 Å². The number of aryl methyl sites for hydroxylation is 1. The Bertz CT molecular complexity index is 595. The van der Waals surface area contributed by atoms with E-state index < -0.39 is 0 Å². The van der Waals surface area contributed by atoms with Gasteiger partial charge in [0.15, 0.2) is 12.1 Å². The zero-order valence-corrected chi connectivity index (χ0v) is 9.29. The molecule has 0 spiro atoms. The van der Waals surface area contributed by atoms with Crippen LogP contribution in [0, 0.1) is 18.3 Å². The molecule has 0 aliphatic heterocycles. The Morgan fingerprint density at radius 2 is 2.41 bits per heavy atom. The van der Waals surface area contributed by atoms with E-state index in [9.17, 15) is 4.79 Å². The average molecular weight is 226 g/mol. The molecule has 2 aromatic heterocycles. The predicted molar refractivity (Wildman–Crippen MR) is 60.8 cm³/mol. The van der Waals surface area contributed by atoms with Crippen LogP contribution in [0.5, 0.6) is 0 Å². The second-order valence-corrected chi connectivity index (χ2v) is 3.57. The van der Waals surface area contributed by atoms with E-state index in [1.807, 2.05) is 25.1 Å². The van der Waals surface area contributed by atoms with Gasteiger partial charge < -0.3 is 0 Å². The normalized spacial score (nSPS) is 9.88. The quantitative estimate of drug-likeness (QED) is 0.742. The lowest BCUT2D eigenvalue weighted by molar-refractivity contribution is 0.111. The van der Waals surface area contributed by atoms with Crippen LogP contribution in [0.25, 0.3) is 5.82 Å². The van der Waals surface area contributed by atoms with Gasteiger partial charge in [-0.05, 0) is 24.6 Å². The number of carbonyl (C=O) groups is 1. The van der Waals surface area contributed by atoms with Crippen LogP contribution in [0.15, 0.2) is 24.4 Å². The largest absolute Gasteiger partial charge is 0.296 e. The van der Waals surface area contributed by atoms with Crippen molar-refractivity contribution in [2.24, 2.45) is 0 Å². The molecule has 5 nitrogen and oxygen atoms in total. The maximum absolute atomic E-state index is 11.0. The molecule has 0 saturated carbocycles. The molecule has 0 bridgehead atoms. The minimum absolute atomic E-state index is 0.180. The molecule has 84 valence electrons. The number of aldehydes is 1. The number of carbonyl (C=O) groups excluding carboxylic acids is 1. The molecule has 0 aliphatic rings. The maximum atomic E-state index is 11.0. The van der Waals surface area contributed by atoms with E-state index in [-0.39, 0.29) is 6.42 Å². The lowest BCUT2D eigenvalue weighted by Crippen LogP contribution is -2.05. The molecule has 2 rings (SSSR count). The SMILES string of the molecule is Cc1cccnc1-n1nc(CC#N)cc1C=O. The first-order chi connectivity index (χ1) is 8.26. The molecule has 0 N–H and O–H groups in total. The minimum Gasteiger partial charge on any atom is -0.296 e. The molecule has 0 aliphatic carbocycles. The zero-order valence-electron chi connectivity index (χ0n) is 9.29. The number of nitrogens with zero attached hydrogens (tertiary/aromatic N) is 4. The molecule has 2 aromatic rings. The Morgan fingerprint density at radius 3 is 3.06 bits per heavy atom. The second-order valence-electron chi connectivity index (χ2n) is 3.57. The van der Waals surface area contributed by atoms with E-state index in [1.54, 1.807) is 12.3 Å². The van der Waals surface area contributed by atoms with Crippen LogP contribution in [0.2, 0.25) is 0 Å². The van der Waals surface area contributed by atoms with Crippen molar-refractivity contribution in [3.8, 4) is 11.9 Å². The highest BCUT2D eigenvalue weighted by molar-refractivity contribution is 5.73. The van der Waals surface area contributed by atoms with Crippen LogP contribution in [0.3, 0.4) is 0 Å². The molecule has 5 heteroatoms. The molecule has 0 aromatic carbocycles. The Hall–Kier alpha value is -2.48. The molecule has 0 unspecified atom stereocenters. The van der Waals surface area contributed by atoms with Gasteiger partial charge in [0, 0.05) is 6.20 Å². The van der Waals surface area contributed by atoms with Gasteiger partial charge in [-0.25, -0.2) is 9.67 Å².